The summed E-state index contributed by atoms with van der Waals surface area (Å²) < 4.78 is 0. The van der Waals surface area contributed by atoms with Crippen LogP contribution in [0.1, 0.15) is 31.2 Å². The molecule has 0 atom stereocenters. The van der Waals surface area contributed by atoms with Crippen LogP contribution in [-0.4, -0.2) is 19.6 Å². The van der Waals surface area contributed by atoms with E-state index in [0.717, 1.165) is 25.0 Å². The van der Waals surface area contributed by atoms with E-state index in [9.17, 15) is 0 Å². The molecule has 0 saturated heterocycles. The first-order chi connectivity index (χ1) is 9.32. The normalized spacial score (nSPS) is 21.0. The van der Waals surface area contributed by atoms with Crippen molar-refractivity contribution in [2.24, 2.45) is 16.3 Å². The lowest BCUT2D eigenvalue weighted by Crippen LogP contribution is -2.40. The molecule has 0 radical (unpaired) electrons. The monoisotopic (exact) mass is 257 g/mol. The molecule has 0 amide bonds. The highest BCUT2D eigenvalue weighted by Gasteiger charge is 2.53. The Kier molecular flexibility index (Phi) is 3.45. The molecule has 102 valence electrons. The summed E-state index contributed by atoms with van der Waals surface area (Å²) in [5, 5.41) is 6.89. The van der Waals surface area contributed by atoms with Crippen LogP contribution in [0.15, 0.2) is 35.3 Å². The van der Waals surface area contributed by atoms with Gasteiger partial charge in [0, 0.05) is 20.1 Å². The summed E-state index contributed by atoms with van der Waals surface area (Å²) in [6, 6.07) is 10.4. The topological polar surface area (TPSA) is 36.4 Å². The number of nitrogens with zero attached hydrogens (tertiary/aromatic N) is 1. The Labute approximate surface area is 115 Å². The van der Waals surface area contributed by atoms with E-state index >= 15 is 0 Å². The first-order valence-corrected chi connectivity index (χ1v) is 7.31. The summed E-state index contributed by atoms with van der Waals surface area (Å²) in [6.45, 7) is 1.92. The van der Waals surface area contributed by atoms with Crippen LogP contribution >= 0.6 is 0 Å². The molecule has 3 nitrogen and oxygen atoms in total. The van der Waals surface area contributed by atoms with E-state index < -0.39 is 0 Å². The van der Waals surface area contributed by atoms with Gasteiger partial charge in [-0.2, -0.15) is 0 Å². The van der Waals surface area contributed by atoms with E-state index in [-0.39, 0.29) is 0 Å². The van der Waals surface area contributed by atoms with Gasteiger partial charge < -0.3 is 10.6 Å². The fourth-order valence-electron chi connectivity index (χ4n) is 2.85. The van der Waals surface area contributed by atoms with Crippen molar-refractivity contribution in [3.8, 4) is 0 Å². The van der Waals surface area contributed by atoms with Gasteiger partial charge in [-0.1, -0.05) is 30.3 Å². The zero-order valence-corrected chi connectivity index (χ0v) is 11.7. The van der Waals surface area contributed by atoms with Gasteiger partial charge in [0.25, 0.3) is 0 Å². The van der Waals surface area contributed by atoms with Crippen molar-refractivity contribution < 1.29 is 0 Å². The molecule has 2 aliphatic carbocycles. The molecular weight excluding hydrogens is 234 g/mol. The highest BCUT2D eigenvalue weighted by molar-refractivity contribution is 5.79. The van der Waals surface area contributed by atoms with Crippen molar-refractivity contribution in [1.29, 1.82) is 0 Å². The van der Waals surface area contributed by atoms with Crippen LogP contribution in [-0.2, 0) is 6.54 Å². The van der Waals surface area contributed by atoms with Crippen molar-refractivity contribution in [2.45, 2.75) is 32.2 Å². The van der Waals surface area contributed by atoms with E-state index in [0.29, 0.717) is 5.41 Å². The Hall–Kier alpha value is -1.51. The number of rotatable bonds is 5. The number of hydrogen-bond acceptors (Lipinski definition) is 1. The molecule has 0 heterocycles. The summed E-state index contributed by atoms with van der Waals surface area (Å²) in [4.78, 5) is 4.31. The third-order valence-corrected chi connectivity index (χ3v) is 4.47. The van der Waals surface area contributed by atoms with E-state index in [1.54, 1.807) is 0 Å². The van der Waals surface area contributed by atoms with Crippen LogP contribution in [0.5, 0.6) is 0 Å². The van der Waals surface area contributed by atoms with Crippen molar-refractivity contribution in [1.82, 2.24) is 10.6 Å². The largest absolute Gasteiger partial charge is 0.356 e. The van der Waals surface area contributed by atoms with Crippen LogP contribution in [0.2, 0.25) is 0 Å². The second kappa shape index (κ2) is 5.24. The van der Waals surface area contributed by atoms with E-state index in [4.69, 9.17) is 0 Å². The first-order valence-electron chi connectivity index (χ1n) is 7.31. The molecule has 1 aromatic carbocycles. The first kappa shape index (κ1) is 12.5. The Balaban J connectivity index is 1.46. The minimum Gasteiger partial charge on any atom is -0.356 e. The molecule has 1 aromatic rings. The molecule has 19 heavy (non-hydrogen) atoms. The summed E-state index contributed by atoms with van der Waals surface area (Å²) >= 11 is 0. The lowest BCUT2D eigenvalue weighted by Gasteiger charge is -2.18. The molecule has 3 rings (SSSR count). The molecule has 2 aliphatic rings. The summed E-state index contributed by atoms with van der Waals surface area (Å²) in [5.74, 6) is 1.92. The maximum absolute atomic E-state index is 4.31. The van der Waals surface area contributed by atoms with Crippen molar-refractivity contribution in [2.75, 3.05) is 13.6 Å². The van der Waals surface area contributed by atoms with Gasteiger partial charge in [-0.15, -0.1) is 0 Å². The van der Waals surface area contributed by atoms with Crippen molar-refractivity contribution in [3.05, 3.63) is 35.9 Å². The molecule has 0 spiro atoms. The highest BCUT2D eigenvalue weighted by Crippen LogP contribution is 2.60. The SMILES string of the molecule is CN=C(NCc1ccccc1)NCC1(C2CC2)CC1. The maximum Gasteiger partial charge on any atom is 0.191 e. The molecule has 2 saturated carbocycles. The molecule has 2 fully saturated rings. The summed E-state index contributed by atoms with van der Waals surface area (Å²) in [7, 11) is 1.84. The molecular formula is C16H23N3. The lowest BCUT2D eigenvalue weighted by molar-refractivity contribution is 0.431. The lowest BCUT2D eigenvalue weighted by atomic mass is 10.0. The van der Waals surface area contributed by atoms with Gasteiger partial charge in [0.1, 0.15) is 0 Å². The van der Waals surface area contributed by atoms with E-state index in [1.807, 2.05) is 13.1 Å². The summed E-state index contributed by atoms with van der Waals surface area (Å²) in [5.41, 5.74) is 1.90. The van der Waals surface area contributed by atoms with Gasteiger partial charge in [0.2, 0.25) is 0 Å². The second-order valence-corrected chi connectivity index (χ2v) is 5.90. The quantitative estimate of drug-likeness (QED) is 0.628. The Morgan fingerprint density at radius 1 is 1.21 bits per heavy atom. The molecule has 0 unspecified atom stereocenters. The fraction of sp³-hybridized carbons (Fsp3) is 0.562. The van der Waals surface area contributed by atoms with E-state index in [2.05, 4.69) is 39.9 Å². The van der Waals surface area contributed by atoms with Crippen molar-refractivity contribution in [3.63, 3.8) is 0 Å². The molecule has 2 N–H and O–H groups in total. The van der Waals surface area contributed by atoms with Crippen LogP contribution in [0.25, 0.3) is 0 Å². The fourth-order valence-corrected chi connectivity index (χ4v) is 2.85. The average molecular weight is 257 g/mol. The number of aliphatic imine (C=N–C) groups is 1. The number of hydrogen-bond donors (Lipinski definition) is 2. The zero-order chi connectivity index (χ0) is 13.1. The molecule has 3 heteroatoms. The highest BCUT2D eigenvalue weighted by atomic mass is 15.2. The predicted molar refractivity (Wildman–Crippen MR) is 79.0 cm³/mol. The average Bonchev–Trinajstić information content (AvgIpc) is 3.32. The zero-order valence-electron chi connectivity index (χ0n) is 11.7. The number of benzene rings is 1. The van der Waals surface area contributed by atoms with Gasteiger partial charge in [-0.05, 0) is 42.6 Å². The number of guanidine groups is 1. The maximum atomic E-state index is 4.31. The Bertz CT molecular complexity index is 444. The van der Waals surface area contributed by atoms with Gasteiger partial charge in [0.15, 0.2) is 5.96 Å². The minimum atomic E-state index is 0.615. The molecule has 0 aliphatic heterocycles. The second-order valence-electron chi connectivity index (χ2n) is 5.90. The predicted octanol–water partition coefficient (Wildman–Crippen LogP) is 2.54. The number of nitrogens with one attached hydrogen (secondary N) is 2. The minimum absolute atomic E-state index is 0.615. The standard InChI is InChI=1S/C16H23N3/c1-17-15(18-11-13-5-3-2-4-6-13)19-12-16(9-10-16)14-7-8-14/h2-6,14H,7-12H2,1H3,(H2,17,18,19). The third-order valence-electron chi connectivity index (χ3n) is 4.47. The van der Waals surface area contributed by atoms with Crippen molar-refractivity contribution >= 4 is 5.96 Å². The third kappa shape index (κ3) is 3.09. The Morgan fingerprint density at radius 2 is 1.95 bits per heavy atom. The van der Waals surface area contributed by atoms with E-state index in [1.165, 1.54) is 31.2 Å². The Morgan fingerprint density at radius 3 is 2.53 bits per heavy atom. The van der Waals surface area contributed by atoms with Gasteiger partial charge in [-0.3, -0.25) is 4.99 Å². The van der Waals surface area contributed by atoms with Crippen LogP contribution in [0, 0.1) is 11.3 Å². The molecule has 0 aromatic heterocycles. The van der Waals surface area contributed by atoms with Crippen LogP contribution in [0.3, 0.4) is 0 Å². The van der Waals surface area contributed by atoms with Gasteiger partial charge >= 0.3 is 0 Å². The smallest absolute Gasteiger partial charge is 0.191 e. The van der Waals surface area contributed by atoms with Gasteiger partial charge in [-0.25, -0.2) is 0 Å². The molecule has 0 bridgehead atoms. The van der Waals surface area contributed by atoms with Crippen LogP contribution < -0.4 is 10.6 Å². The van der Waals surface area contributed by atoms with Crippen LogP contribution in [0.4, 0.5) is 0 Å². The summed E-state index contributed by atoms with van der Waals surface area (Å²) in [6.07, 6.45) is 5.69. The van der Waals surface area contributed by atoms with Gasteiger partial charge in [0.05, 0.1) is 0 Å².